The monoisotopic (exact) mass is 249 g/mol. The highest BCUT2D eigenvalue weighted by Crippen LogP contribution is 2.36. The predicted molar refractivity (Wildman–Crippen MR) is 67.1 cm³/mol. The Hall–Kier alpha value is -1.48. The highest BCUT2D eigenvalue weighted by molar-refractivity contribution is 6.31. The molecule has 1 N–H and O–H groups in total. The number of aromatic nitrogens is 1. The van der Waals surface area contributed by atoms with Crippen LogP contribution in [0.3, 0.4) is 0 Å². The summed E-state index contributed by atoms with van der Waals surface area (Å²) in [6.45, 7) is 0. The van der Waals surface area contributed by atoms with Crippen LogP contribution in [-0.4, -0.2) is 17.9 Å². The van der Waals surface area contributed by atoms with Crippen LogP contribution in [0.2, 0.25) is 5.02 Å². The Labute approximate surface area is 104 Å². The first-order chi connectivity index (χ1) is 8.20. The zero-order chi connectivity index (χ0) is 12.0. The fourth-order valence-corrected chi connectivity index (χ4v) is 2.70. The summed E-state index contributed by atoms with van der Waals surface area (Å²) in [5.41, 5.74) is 2.68. The van der Waals surface area contributed by atoms with E-state index in [0.29, 0.717) is 17.2 Å². The van der Waals surface area contributed by atoms with Crippen LogP contribution in [0.1, 0.15) is 28.9 Å². The molecule has 1 aromatic carbocycles. The summed E-state index contributed by atoms with van der Waals surface area (Å²) in [4.78, 5) is 15.0. The lowest BCUT2D eigenvalue weighted by molar-refractivity contribution is 0.0968. The Morgan fingerprint density at radius 2 is 2.18 bits per heavy atom. The lowest BCUT2D eigenvalue weighted by Gasteiger charge is -2.09. The van der Waals surface area contributed by atoms with Crippen LogP contribution in [0.15, 0.2) is 12.1 Å². The number of ether oxygens (including phenoxy) is 1. The van der Waals surface area contributed by atoms with E-state index in [1.54, 1.807) is 13.2 Å². The second kappa shape index (κ2) is 3.77. The molecule has 1 aliphatic rings. The molecule has 0 bridgehead atoms. The normalized spacial score (nSPS) is 15.1. The number of nitrogens with one attached hydrogen (secondary N) is 1. The number of aryl methyl sites for hydroxylation is 1. The summed E-state index contributed by atoms with van der Waals surface area (Å²) >= 11 is 6.06. The molecule has 3 nitrogen and oxygen atoms in total. The van der Waals surface area contributed by atoms with E-state index in [1.165, 1.54) is 0 Å². The van der Waals surface area contributed by atoms with Gasteiger partial charge in [0.15, 0.2) is 5.78 Å². The zero-order valence-electron chi connectivity index (χ0n) is 9.47. The number of halogens is 1. The number of ketones is 1. The number of hydrogen-bond acceptors (Lipinski definition) is 2. The second-order valence-corrected chi connectivity index (χ2v) is 4.72. The van der Waals surface area contributed by atoms with Gasteiger partial charge in [-0.15, -0.1) is 0 Å². The summed E-state index contributed by atoms with van der Waals surface area (Å²) in [5.74, 6) is 0.871. The van der Waals surface area contributed by atoms with Gasteiger partial charge in [-0.25, -0.2) is 0 Å². The predicted octanol–water partition coefficient (Wildman–Crippen LogP) is 3.35. The van der Waals surface area contributed by atoms with E-state index in [4.69, 9.17) is 16.3 Å². The summed E-state index contributed by atoms with van der Waals surface area (Å²) < 4.78 is 5.29. The van der Waals surface area contributed by atoms with Crippen molar-refractivity contribution in [3.8, 4) is 5.75 Å². The molecule has 0 radical (unpaired) electrons. The molecule has 3 rings (SSSR count). The summed E-state index contributed by atoms with van der Waals surface area (Å²) in [6, 6.07) is 3.66. The molecule has 0 atom stereocenters. The van der Waals surface area contributed by atoms with Crippen LogP contribution in [0.4, 0.5) is 0 Å². The molecule has 88 valence electrons. The third-order valence-corrected chi connectivity index (χ3v) is 3.49. The minimum absolute atomic E-state index is 0.181. The highest BCUT2D eigenvalue weighted by atomic mass is 35.5. The number of methoxy groups -OCH3 is 1. The molecular formula is C13H12ClNO2. The molecule has 1 aliphatic carbocycles. The quantitative estimate of drug-likeness (QED) is 0.842. The second-order valence-electron chi connectivity index (χ2n) is 4.29. The van der Waals surface area contributed by atoms with Gasteiger partial charge in [0.2, 0.25) is 0 Å². The highest BCUT2D eigenvalue weighted by Gasteiger charge is 2.23. The van der Waals surface area contributed by atoms with Gasteiger partial charge in [0, 0.05) is 22.9 Å². The molecule has 17 heavy (non-hydrogen) atoms. The van der Waals surface area contributed by atoms with E-state index in [0.717, 1.165) is 35.0 Å². The van der Waals surface area contributed by atoms with Crippen molar-refractivity contribution in [1.82, 2.24) is 4.98 Å². The first-order valence-electron chi connectivity index (χ1n) is 5.62. The standard InChI is InChI=1S/C13H12ClNO2/c1-17-11-6-7(14)5-9-8-3-2-4-10(16)12(8)15-13(9)11/h5-6,15H,2-4H2,1H3. The Bertz CT molecular complexity index is 615. The van der Waals surface area contributed by atoms with Crippen LogP contribution in [0.5, 0.6) is 5.75 Å². The van der Waals surface area contributed by atoms with Crippen LogP contribution in [0, 0.1) is 0 Å². The molecule has 0 spiro atoms. The van der Waals surface area contributed by atoms with Gasteiger partial charge >= 0.3 is 0 Å². The van der Waals surface area contributed by atoms with Gasteiger partial charge in [-0.2, -0.15) is 0 Å². The number of benzene rings is 1. The number of fused-ring (bicyclic) bond motifs is 3. The van der Waals surface area contributed by atoms with Gasteiger partial charge in [0.1, 0.15) is 5.75 Å². The molecule has 0 fully saturated rings. The summed E-state index contributed by atoms with van der Waals surface area (Å²) in [7, 11) is 1.60. The number of rotatable bonds is 1. The molecule has 4 heteroatoms. The molecule has 2 aromatic rings. The van der Waals surface area contributed by atoms with Gasteiger partial charge in [-0.1, -0.05) is 11.6 Å². The topological polar surface area (TPSA) is 42.1 Å². The van der Waals surface area contributed by atoms with Gasteiger partial charge in [-0.3, -0.25) is 4.79 Å². The maximum Gasteiger partial charge on any atom is 0.179 e. The van der Waals surface area contributed by atoms with E-state index in [1.807, 2.05) is 6.07 Å². The van der Waals surface area contributed by atoms with Gasteiger partial charge < -0.3 is 9.72 Å². The van der Waals surface area contributed by atoms with E-state index in [2.05, 4.69) is 4.98 Å². The fourth-order valence-electron chi connectivity index (χ4n) is 2.49. The maximum atomic E-state index is 11.8. The fraction of sp³-hybridized carbons (Fsp3) is 0.308. The van der Waals surface area contributed by atoms with Crippen LogP contribution < -0.4 is 4.74 Å². The van der Waals surface area contributed by atoms with Crippen molar-refractivity contribution in [3.63, 3.8) is 0 Å². The summed E-state index contributed by atoms with van der Waals surface area (Å²) in [6.07, 6.45) is 2.45. The molecule has 0 amide bonds. The number of H-pyrrole nitrogens is 1. The third kappa shape index (κ3) is 1.53. The van der Waals surface area contributed by atoms with Crippen LogP contribution >= 0.6 is 11.6 Å². The Morgan fingerprint density at radius 3 is 2.94 bits per heavy atom. The molecule has 1 aromatic heterocycles. The SMILES string of the molecule is COc1cc(Cl)cc2c3c([nH]c12)C(=O)CCC3. The zero-order valence-corrected chi connectivity index (χ0v) is 10.2. The molecule has 0 saturated heterocycles. The largest absolute Gasteiger partial charge is 0.495 e. The first-order valence-corrected chi connectivity index (χ1v) is 6.00. The van der Waals surface area contributed by atoms with Crippen molar-refractivity contribution in [2.24, 2.45) is 0 Å². The van der Waals surface area contributed by atoms with Crippen molar-refractivity contribution in [2.75, 3.05) is 7.11 Å². The molecule has 1 heterocycles. The van der Waals surface area contributed by atoms with E-state index < -0.39 is 0 Å². The van der Waals surface area contributed by atoms with Crippen molar-refractivity contribution >= 4 is 28.3 Å². The Balaban J connectivity index is 2.37. The van der Waals surface area contributed by atoms with Crippen molar-refractivity contribution in [2.45, 2.75) is 19.3 Å². The smallest absolute Gasteiger partial charge is 0.179 e. The lowest BCUT2D eigenvalue weighted by atomic mass is 9.95. The first kappa shape index (κ1) is 10.7. The minimum atomic E-state index is 0.181. The number of carbonyl (C=O) groups is 1. The average molecular weight is 250 g/mol. The summed E-state index contributed by atoms with van der Waals surface area (Å²) in [5, 5.41) is 1.64. The minimum Gasteiger partial charge on any atom is -0.495 e. The number of Topliss-reactive ketones (excluding diaryl/α,β-unsaturated/α-hetero) is 1. The Kier molecular flexibility index (Phi) is 2.37. The molecular weight excluding hydrogens is 238 g/mol. The van der Waals surface area contributed by atoms with Crippen molar-refractivity contribution < 1.29 is 9.53 Å². The number of carbonyl (C=O) groups excluding carboxylic acids is 1. The van der Waals surface area contributed by atoms with Gasteiger partial charge in [0.05, 0.1) is 18.3 Å². The lowest BCUT2D eigenvalue weighted by Crippen LogP contribution is -2.09. The van der Waals surface area contributed by atoms with Crippen LogP contribution in [-0.2, 0) is 6.42 Å². The van der Waals surface area contributed by atoms with E-state index >= 15 is 0 Å². The van der Waals surface area contributed by atoms with E-state index in [9.17, 15) is 4.79 Å². The van der Waals surface area contributed by atoms with Crippen LogP contribution in [0.25, 0.3) is 10.9 Å². The van der Waals surface area contributed by atoms with E-state index in [-0.39, 0.29) is 5.78 Å². The Morgan fingerprint density at radius 1 is 1.35 bits per heavy atom. The van der Waals surface area contributed by atoms with Crippen molar-refractivity contribution in [1.29, 1.82) is 0 Å². The number of hydrogen-bond donors (Lipinski definition) is 1. The van der Waals surface area contributed by atoms with Crippen molar-refractivity contribution in [3.05, 3.63) is 28.4 Å². The molecule has 0 saturated carbocycles. The molecule has 0 unspecified atom stereocenters. The molecule has 0 aliphatic heterocycles. The van der Waals surface area contributed by atoms with Gasteiger partial charge in [-0.05, 0) is 24.5 Å². The van der Waals surface area contributed by atoms with Gasteiger partial charge in [0.25, 0.3) is 0 Å². The maximum absolute atomic E-state index is 11.8. The average Bonchev–Trinajstić information content (AvgIpc) is 2.68. The number of aromatic amines is 1. The third-order valence-electron chi connectivity index (χ3n) is 3.27.